The number of rotatable bonds is 5. The van der Waals surface area contributed by atoms with E-state index in [-0.39, 0.29) is 24.3 Å². The molecule has 1 aromatic carbocycles. The molecule has 1 aromatic rings. The molecular weight excluding hydrogens is 248 g/mol. The average Bonchev–Trinajstić information content (AvgIpc) is 2.36. The van der Waals surface area contributed by atoms with Crippen molar-refractivity contribution in [2.75, 3.05) is 13.2 Å². The van der Waals surface area contributed by atoms with Gasteiger partial charge in [0.25, 0.3) is 5.91 Å². The molecule has 0 aliphatic heterocycles. The molecule has 100 valence electrons. The van der Waals surface area contributed by atoms with Crippen molar-refractivity contribution in [2.45, 2.75) is 13.3 Å². The molecule has 0 spiro atoms. The molecule has 0 heterocycles. The molecule has 0 saturated heterocycles. The molecule has 1 amide bonds. The van der Waals surface area contributed by atoms with Crippen molar-refractivity contribution in [1.82, 2.24) is 5.32 Å². The summed E-state index contributed by atoms with van der Waals surface area (Å²) in [6.45, 7) is 1.54. The second-order valence-corrected chi connectivity index (χ2v) is 3.85. The van der Waals surface area contributed by atoms with Crippen LogP contribution in [0.4, 0.5) is 0 Å². The summed E-state index contributed by atoms with van der Waals surface area (Å²) in [5.74, 6) is -1.45. The number of nitrogens with one attached hydrogen (secondary N) is 1. The Bertz CT molecular complexity index is 520. The minimum atomic E-state index is -0.770. The maximum absolute atomic E-state index is 11.6. The van der Waals surface area contributed by atoms with E-state index in [0.29, 0.717) is 0 Å². The Balaban J connectivity index is 2.47. The number of phenolic OH excluding ortho intramolecular Hbond substituents is 1. The van der Waals surface area contributed by atoms with Crippen LogP contribution in [0.2, 0.25) is 0 Å². The van der Waals surface area contributed by atoms with Crippen LogP contribution in [0.1, 0.15) is 22.3 Å². The summed E-state index contributed by atoms with van der Waals surface area (Å²) in [6.07, 6.45) is 0.193. The molecule has 0 unspecified atom stereocenters. The summed E-state index contributed by atoms with van der Waals surface area (Å²) in [5, 5.41) is 20.3. The standard InChI is InChI=1S/C13H14N2O4/c1-9-3-4-10(11(16)7-9)13(18)19-8-12(17)15-6-2-5-14/h3-4,7,16H,2,6,8H2,1H3,(H,15,17). The number of aryl methyl sites for hydroxylation is 1. The summed E-state index contributed by atoms with van der Waals surface area (Å²) in [6, 6.07) is 6.39. The smallest absolute Gasteiger partial charge is 0.342 e. The van der Waals surface area contributed by atoms with E-state index in [1.54, 1.807) is 13.0 Å². The van der Waals surface area contributed by atoms with E-state index in [9.17, 15) is 14.7 Å². The van der Waals surface area contributed by atoms with Gasteiger partial charge in [0.05, 0.1) is 12.5 Å². The van der Waals surface area contributed by atoms with Crippen molar-refractivity contribution < 1.29 is 19.4 Å². The Morgan fingerprint density at radius 3 is 2.84 bits per heavy atom. The van der Waals surface area contributed by atoms with Crippen LogP contribution >= 0.6 is 0 Å². The third-order valence-electron chi connectivity index (χ3n) is 2.27. The van der Waals surface area contributed by atoms with E-state index >= 15 is 0 Å². The van der Waals surface area contributed by atoms with Crippen molar-refractivity contribution in [3.05, 3.63) is 29.3 Å². The predicted molar refractivity (Wildman–Crippen MR) is 66.4 cm³/mol. The summed E-state index contributed by atoms with van der Waals surface area (Å²) >= 11 is 0. The van der Waals surface area contributed by atoms with Crippen molar-refractivity contribution >= 4 is 11.9 Å². The minimum Gasteiger partial charge on any atom is -0.507 e. The van der Waals surface area contributed by atoms with Crippen LogP contribution in [-0.2, 0) is 9.53 Å². The average molecular weight is 262 g/mol. The Kier molecular flexibility index (Phi) is 5.35. The van der Waals surface area contributed by atoms with E-state index in [1.807, 2.05) is 6.07 Å². The number of amides is 1. The number of phenols is 1. The highest BCUT2D eigenvalue weighted by molar-refractivity contribution is 5.93. The van der Waals surface area contributed by atoms with Gasteiger partial charge in [-0.2, -0.15) is 5.26 Å². The summed E-state index contributed by atoms with van der Waals surface area (Å²) in [5.41, 5.74) is 0.818. The summed E-state index contributed by atoms with van der Waals surface area (Å²) in [7, 11) is 0. The molecule has 0 radical (unpaired) electrons. The van der Waals surface area contributed by atoms with Crippen molar-refractivity contribution in [1.29, 1.82) is 5.26 Å². The maximum Gasteiger partial charge on any atom is 0.342 e. The molecule has 2 N–H and O–H groups in total. The van der Waals surface area contributed by atoms with Crippen LogP contribution in [-0.4, -0.2) is 30.1 Å². The molecule has 0 fully saturated rings. The highest BCUT2D eigenvalue weighted by Gasteiger charge is 2.14. The van der Waals surface area contributed by atoms with Crippen LogP contribution in [0, 0.1) is 18.3 Å². The first-order valence-corrected chi connectivity index (χ1v) is 5.65. The SMILES string of the molecule is Cc1ccc(C(=O)OCC(=O)NCCC#N)c(O)c1. The number of nitrogens with zero attached hydrogens (tertiary/aromatic N) is 1. The van der Waals surface area contributed by atoms with Gasteiger partial charge in [0.2, 0.25) is 0 Å². The Morgan fingerprint density at radius 1 is 1.47 bits per heavy atom. The van der Waals surface area contributed by atoms with E-state index in [4.69, 9.17) is 10.00 Å². The lowest BCUT2D eigenvalue weighted by atomic mass is 10.1. The first kappa shape index (κ1) is 14.5. The number of ether oxygens (including phenoxy) is 1. The quantitative estimate of drug-likeness (QED) is 0.606. The number of benzene rings is 1. The van der Waals surface area contributed by atoms with Gasteiger partial charge in [0, 0.05) is 6.54 Å². The van der Waals surface area contributed by atoms with Gasteiger partial charge in [-0.25, -0.2) is 4.79 Å². The number of hydrogen-bond acceptors (Lipinski definition) is 5. The van der Waals surface area contributed by atoms with Gasteiger partial charge in [-0.3, -0.25) is 4.79 Å². The number of esters is 1. The van der Waals surface area contributed by atoms with Crippen LogP contribution in [0.3, 0.4) is 0 Å². The molecule has 0 atom stereocenters. The number of carbonyl (C=O) groups excluding carboxylic acids is 2. The molecule has 0 aliphatic carbocycles. The van der Waals surface area contributed by atoms with Gasteiger partial charge in [-0.15, -0.1) is 0 Å². The molecule has 6 nitrogen and oxygen atoms in total. The lowest BCUT2D eigenvalue weighted by Gasteiger charge is -2.07. The van der Waals surface area contributed by atoms with Gasteiger partial charge >= 0.3 is 5.97 Å². The van der Waals surface area contributed by atoms with Gasteiger partial charge in [0.15, 0.2) is 6.61 Å². The molecule has 1 rings (SSSR count). The summed E-state index contributed by atoms with van der Waals surface area (Å²) < 4.78 is 4.75. The number of aromatic hydroxyl groups is 1. The van der Waals surface area contributed by atoms with Crippen molar-refractivity contribution in [3.63, 3.8) is 0 Å². The van der Waals surface area contributed by atoms with Gasteiger partial charge < -0.3 is 15.2 Å². The van der Waals surface area contributed by atoms with Crippen LogP contribution in [0.5, 0.6) is 5.75 Å². The van der Waals surface area contributed by atoms with Crippen LogP contribution in [0.25, 0.3) is 0 Å². The Morgan fingerprint density at radius 2 is 2.21 bits per heavy atom. The topological polar surface area (TPSA) is 99.4 Å². The lowest BCUT2D eigenvalue weighted by molar-refractivity contribution is -0.124. The van der Waals surface area contributed by atoms with E-state index in [1.165, 1.54) is 12.1 Å². The first-order chi connectivity index (χ1) is 9.04. The molecule has 0 saturated carbocycles. The zero-order valence-corrected chi connectivity index (χ0v) is 10.5. The predicted octanol–water partition coefficient (Wildman–Crippen LogP) is 0.887. The molecule has 0 bridgehead atoms. The van der Waals surface area contributed by atoms with E-state index < -0.39 is 18.5 Å². The molecule has 0 aliphatic rings. The van der Waals surface area contributed by atoms with E-state index in [0.717, 1.165) is 5.56 Å². The van der Waals surface area contributed by atoms with Crippen LogP contribution < -0.4 is 5.32 Å². The Hall–Kier alpha value is -2.55. The zero-order chi connectivity index (χ0) is 14.3. The van der Waals surface area contributed by atoms with Crippen LogP contribution in [0.15, 0.2) is 18.2 Å². The molecule has 19 heavy (non-hydrogen) atoms. The number of hydrogen-bond donors (Lipinski definition) is 2. The fraction of sp³-hybridized carbons (Fsp3) is 0.308. The monoisotopic (exact) mass is 262 g/mol. The first-order valence-electron chi connectivity index (χ1n) is 5.65. The maximum atomic E-state index is 11.6. The second kappa shape index (κ2) is 7.01. The van der Waals surface area contributed by atoms with Gasteiger partial charge in [-0.05, 0) is 24.6 Å². The van der Waals surface area contributed by atoms with Crippen molar-refractivity contribution in [2.24, 2.45) is 0 Å². The number of carbonyl (C=O) groups is 2. The van der Waals surface area contributed by atoms with Crippen molar-refractivity contribution in [3.8, 4) is 11.8 Å². The van der Waals surface area contributed by atoms with Gasteiger partial charge in [0.1, 0.15) is 11.3 Å². The highest BCUT2D eigenvalue weighted by atomic mass is 16.5. The minimum absolute atomic E-state index is 0.00965. The normalized spacial score (nSPS) is 9.47. The number of nitriles is 1. The second-order valence-electron chi connectivity index (χ2n) is 3.85. The molecular formula is C13H14N2O4. The third kappa shape index (κ3) is 4.68. The summed E-state index contributed by atoms with van der Waals surface area (Å²) in [4.78, 5) is 22.8. The van der Waals surface area contributed by atoms with E-state index in [2.05, 4.69) is 5.32 Å². The fourth-order valence-electron chi connectivity index (χ4n) is 1.33. The third-order valence-corrected chi connectivity index (χ3v) is 2.27. The highest BCUT2D eigenvalue weighted by Crippen LogP contribution is 2.19. The molecule has 0 aromatic heterocycles. The largest absolute Gasteiger partial charge is 0.507 e. The fourth-order valence-corrected chi connectivity index (χ4v) is 1.33. The lowest BCUT2D eigenvalue weighted by Crippen LogP contribution is -2.29. The van der Waals surface area contributed by atoms with Gasteiger partial charge in [-0.1, -0.05) is 6.07 Å². The zero-order valence-electron chi connectivity index (χ0n) is 10.5. The molecule has 6 heteroatoms. The Labute approximate surface area is 110 Å².